The maximum absolute atomic E-state index is 13.7. The topological polar surface area (TPSA) is 75.6 Å². The van der Waals surface area contributed by atoms with E-state index in [1.54, 1.807) is 23.9 Å². The van der Waals surface area contributed by atoms with Gasteiger partial charge in [0.25, 0.3) is 0 Å². The number of nitrogens with zero attached hydrogens (tertiary/aromatic N) is 3. The molecule has 0 saturated carbocycles. The standard InChI is InChI=1S/C15H13F2N5O/c1-9(22-6-5-18-8-22)15(23)19-13-7-12(20-21-13)14-10(16)3-2-4-11(14)17/h2-9H,1H3,(H2,19,20,21,23)/t9-/m1/s1. The second-order valence-electron chi connectivity index (χ2n) is 4.94. The number of halogens is 2. The molecule has 2 heterocycles. The van der Waals surface area contributed by atoms with Gasteiger partial charge in [-0.2, -0.15) is 5.10 Å². The summed E-state index contributed by atoms with van der Waals surface area (Å²) < 4.78 is 29.1. The summed E-state index contributed by atoms with van der Waals surface area (Å²) in [6.07, 6.45) is 4.75. The number of amides is 1. The second-order valence-corrected chi connectivity index (χ2v) is 4.94. The molecule has 1 atom stereocenters. The number of rotatable bonds is 4. The van der Waals surface area contributed by atoms with Gasteiger partial charge in [0.05, 0.1) is 17.6 Å². The van der Waals surface area contributed by atoms with E-state index in [1.165, 1.54) is 18.5 Å². The summed E-state index contributed by atoms with van der Waals surface area (Å²) in [4.78, 5) is 16.0. The molecule has 0 unspecified atom stereocenters. The first-order chi connectivity index (χ1) is 11.1. The fraction of sp³-hybridized carbons (Fsp3) is 0.133. The van der Waals surface area contributed by atoms with Crippen LogP contribution in [0.25, 0.3) is 11.3 Å². The highest BCUT2D eigenvalue weighted by Crippen LogP contribution is 2.26. The fourth-order valence-electron chi connectivity index (χ4n) is 2.13. The van der Waals surface area contributed by atoms with Crippen molar-refractivity contribution in [3.8, 4) is 11.3 Å². The number of imidazole rings is 1. The molecular weight excluding hydrogens is 304 g/mol. The Labute approximate surface area is 130 Å². The second kappa shape index (κ2) is 5.99. The van der Waals surface area contributed by atoms with Crippen LogP contribution in [0.15, 0.2) is 43.0 Å². The number of hydrogen-bond donors (Lipinski definition) is 2. The van der Waals surface area contributed by atoms with Crippen molar-refractivity contribution in [2.45, 2.75) is 13.0 Å². The van der Waals surface area contributed by atoms with Crippen LogP contribution in [0.3, 0.4) is 0 Å². The Balaban J connectivity index is 1.79. The first-order valence-electron chi connectivity index (χ1n) is 6.84. The van der Waals surface area contributed by atoms with E-state index in [9.17, 15) is 13.6 Å². The Hall–Kier alpha value is -3.03. The van der Waals surface area contributed by atoms with Crippen molar-refractivity contribution in [2.75, 3.05) is 5.32 Å². The van der Waals surface area contributed by atoms with Gasteiger partial charge in [-0.25, -0.2) is 13.8 Å². The normalized spacial score (nSPS) is 12.1. The average Bonchev–Trinajstić information content (AvgIpc) is 3.18. The van der Waals surface area contributed by atoms with Gasteiger partial charge >= 0.3 is 0 Å². The Bertz CT molecular complexity index is 808. The zero-order valence-corrected chi connectivity index (χ0v) is 12.1. The molecule has 6 nitrogen and oxygen atoms in total. The van der Waals surface area contributed by atoms with E-state index in [0.717, 1.165) is 12.1 Å². The van der Waals surface area contributed by atoms with Gasteiger partial charge in [-0.15, -0.1) is 0 Å². The number of carbonyl (C=O) groups is 1. The van der Waals surface area contributed by atoms with Crippen LogP contribution in [0, 0.1) is 11.6 Å². The summed E-state index contributed by atoms with van der Waals surface area (Å²) in [5.74, 6) is -1.56. The minimum absolute atomic E-state index is 0.145. The first kappa shape index (κ1) is 14.9. The Kier molecular flexibility index (Phi) is 3.88. The number of aromatic amines is 1. The van der Waals surface area contributed by atoms with Gasteiger partial charge in [-0.3, -0.25) is 9.89 Å². The van der Waals surface area contributed by atoms with Gasteiger partial charge < -0.3 is 9.88 Å². The largest absolute Gasteiger partial charge is 0.325 e. The van der Waals surface area contributed by atoms with Crippen LogP contribution >= 0.6 is 0 Å². The van der Waals surface area contributed by atoms with Crippen molar-refractivity contribution in [3.05, 3.63) is 54.6 Å². The molecule has 0 aliphatic carbocycles. The van der Waals surface area contributed by atoms with Gasteiger partial charge in [0.2, 0.25) is 5.91 Å². The molecule has 118 valence electrons. The average molecular weight is 317 g/mol. The van der Waals surface area contributed by atoms with Gasteiger partial charge in [-0.05, 0) is 19.1 Å². The molecule has 1 amide bonds. The molecule has 3 aromatic rings. The summed E-state index contributed by atoms with van der Waals surface area (Å²) in [6, 6.07) is 4.46. The van der Waals surface area contributed by atoms with Crippen molar-refractivity contribution in [2.24, 2.45) is 0 Å². The van der Waals surface area contributed by atoms with Crippen molar-refractivity contribution in [3.63, 3.8) is 0 Å². The zero-order chi connectivity index (χ0) is 16.4. The van der Waals surface area contributed by atoms with E-state index < -0.39 is 17.7 Å². The summed E-state index contributed by atoms with van der Waals surface area (Å²) in [5.41, 5.74) is -0.0747. The molecule has 0 spiro atoms. The number of anilines is 1. The number of nitrogens with one attached hydrogen (secondary N) is 2. The van der Waals surface area contributed by atoms with Gasteiger partial charge in [0.1, 0.15) is 17.7 Å². The fourth-order valence-corrected chi connectivity index (χ4v) is 2.13. The predicted octanol–water partition coefficient (Wildman–Crippen LogP) is 2.75. The Morgan fingerprint density at radius 2 is 2.09 bits per heavy atom. The van der Waals surface area contributed by atoms with Crippen LogP contribution in [-0.4, -0.2) is 25.7 Å². The molecule has 0 saturated heterocycles. The van der Waals surface area contributed by atoms with E-state index in [2.05, 4.69) is 20.5 Å². The summed E-state index contributed by atoms with van der Waals surface area (Å²) in [7, 11) is 0. The first-order valence-corrected chi connectivity index (χ1v) is 6.84. The number of benzene rings is 1. The van der Waals surface area contributed by atoms with Crippen LogP contribution in [0.4, 0.5) is 14.6 Å². The monoisotopic (exact) mass is 317 g/mol. The molecule has 1 aromatic carbocycles. The third-order valence-corrected chi connectivity index (χ3v) is 3.41. The lowest BCUT2D eigenvalue weighted by Gasteiger charge is -2.11. The van der Waals surface area contributed by atoms with Crippen molar-refractivity contribution in [1.29, 1.82) is 0 Å². The SMILES string of the molecule is C[C@H](C(=O)Nc1cc(-c2c(F)cccc2F)[nH]n1)n1ccnc1. The lowest BCUT2D eigenvalue weighted by atomic mass is 10.1. The highest BCUT2D eigenvalue weighted by atomic mass is 19.1. The molecule has 3 rings (SSSR count). The lowest BCUT2D eigenvalue weighted by molar-refractivity contribution is -0.118. The van der Waals surface area contributed by atoms with Gasteiger partial charge in [-0.1, -0.05) is 6.07 Å². The molecule has 0 aliphatic rings. The molecule has 0 bridgehead atoms. The minimum atomic E-state index is -0.710. The predicted molar refractivity (Wildman–Crippen MR) is 79.5 cm³/mol. The number of hydrogen-bond acceptors (Lipinski definition) is 3. The van der Waals surface area contributed by atoms with Crippen LogP contribution in [0.2, 0.25) is 0 Å². The third-order valence-electron chi connectivity index (χ3n) is 3.41. The maximum Gasteiger partial charge on any atom is 0.248 e. The molecule has 0 fully saturated rings. The molecule has 23 heavy (non-hydrogen) atoms. The van der Waals surface area contributed by atoms with Crippen molar-refractivity contribution >= 4 is 11.7 Å². The van der Waals surface area contributed by atoms with E-state index >= 15 is 0 Å². The van der Waals surface area contributed by atoms with E-state index in [4.69, 9.17) is 0 Å². The minimum Gasteiger partial charge on any atom is -0.325 e. The number of aromatic nitrogens is 4. The summed E-state index contributed by atoms with van der Waals surface area (Å²) in [5, 5.41) is 8.97. The van der Waals surface area contributed by atoms with Crippen LogP contribution < -0.4 is 5.32 Å². The smallest absolute Gasteiger partial charge is 0.248 e. The zero-order valence-electron chi connectivity index (χ0n) is 12.1. The molecule has 0 aliphatic heterocycles. The van der Waals surface area contributed by atoms with Gasteiger partial charge in [0.15, 0.2) is 5.82 Å². The quantitative estimate of drug-likeness (QED) is 0.777. The van der Waals surface area contributed by atoms with Crippen LogP contribution in [0.5, 0.6) is 0 Å². The van der Waals surface area contributed by atoms with Crippen molar-refractivity contribution in [1.82, 2.24) is 19.7 Å². The Morgan fingerprint density at radius 3 is 2.74 bits per heavy atom. The molecular formula is C15H13F2N5O. The van der Waals surface area contributed by atoms with Crippen LogP contribution in [0.1, 0.15) is 13.0 Å². The molecule has 2 N–H and O–H groups in total. The van der Waals surface area contributed by atoms with Crippen molar-refractivity contribution < 1.29 is 13.6 Å². The van der Waals surface area contributed by atoms with E-state index in [-0.39, 0.29) is 23.0 Å². The lowest BCUT2D eigenvalue weighted by Crippen LogP contribution is -2.23. The van der Waals surface area contributed by atoms with E-state index in [1.807, 2.05) is 0 Å². The number of H-pyrrole nitrogens is 1. The van der Waals surface area contributed by atoms with E-state index in [0.29, 0.717) is 0 Å². The number of carbonyl (C=O) groups excluding carboxylic acids is 1. The highest BCUT2D eigenvalue weighted by molar-refractivity contribution is 5.93. The summed E-state index contributed by atoms with van der Waals surface area (Å²) >= 11 is 0. The Morgan fingerprint density at radius 1 is 1.35 bits per heavy atom. The summed E-state index contributed by atoms with van der Waals surface area (Å²) in [6.45, 7) is 1.70. The van der Waals surface area contributed by atoms with Crippen LogP contribution in [-0.2, 0) is 4.79 Å². The molecule has 8 heteroatoms. The third kappa shape index (κ3) is 2.96. The molecule has 0 radical (unpaired) electrons. The van der Waals surface area contributed by atoms with Gasteiger partial charge in [0, 0.05) is 18.5 Å². The highest BCUT2D eigenvalue weighted by Gasteiger charge is 2.17. The molecule has 2 aromatic heterocycles. The maximum atomic E-state index is 13.7.